The average Bonchev–Trinajstić information content (AvgIpc) is 2.84. The second-order valence-corrected chi connectivity index (χ2v) is 4.16. The van der Waals surface area contributed by atoms with Gasteiger partial charge in [0.05, 0.1) is 12.7 Å². The molecule has 15 heavy (non-hydrogen) atoms. The van der Waals surface area contributed by atoms with Gasteiger partial charge in [-0.15, -0.1) is 0 Å². The van der Waals surface area contributed by atoms with E-state index in [0.717, 1.165) is 18.8 Å². The first kappa shape index (κ1) is 10.6. The summed E-state index contributed by atoms with van der Waals surface area (Å²) in [4.78, 5) is 4.21. The van der Waals surface area contributed by atoms with Gasteiger partial charge < -0.3 is 14.4 Å². The van der Waals surface area contributed by atoms with Crippen LogP contribution in [-0.2, 0) is 11.3 Å². The molecule has 3 atom stereocenters. The zero-order valence-electron chi connectivity index (χ0n) is 9.26. The van der Waals surface area contributed by atoms with Crippen molar-refractivity contribution >= 4 is 0 Å². The highest BCUT2D eigenvalue weighted by atomic mass is 16.5. The number of aliphatic hydroxyl groups is 1. The number of ether oxygens (including phenoxy) is 1. The van der Waals surface area contributed by atoms with Crippen molar-refractivity contribution in [1.82, 2.24) is 9.55 Å². The van der Waals surface area contributed by atoms with Gasteiger partial charge in [0.1, 0.15) is 11.9 Å². The van der Waals surface area contributed by atoms with Crippen molar-refractivity contribution in [2.75, 3.05) is 6.61 Å². The molecule has 1 N–H and O–H groups in total. The van der Waals surface area contributed by atoms with Gasteiger partial charge in [0.2, 0.25) is 0 Å². The molecule has 3 unspecified atom stereocenters. The number of aromatic nitrogens is 2. The second-order valence-electron chi connectivity index (χ2n) is 4.16. The Kier molecular flexibility index (Phi) is 3.07. The molecule has 4 heteroatoms. The quantitative estimate of drug-likeness (QED) is 0.819. The van der Waals surface area contributed by atoms with Crippen LogP contribution in [-0.4, -0.2) is 27.4 Å². The molecule has 1 fully saturated rings. The molecule has 2 rings (SSSR count). The standard InChI is InChI=1S/C11H18N2O2/c1-3-13-5-4-12-11(13)10(14)9-6-8(2)15-7-9/h4-5,8-10,14H,3,6-7H2,1-2H3. The molecule has 1 aliphatic rings. The highest BCUT2D eigenvalue weighted by Gasteiger charge is 2.31. The molecular weight excluding hydrogens is 192 g/mol. The number of imidazole rings is 1. The summed E-state index contributed by atoms with van der Waals surface area (Å²) >= 11 is 0. The SMILES string of the molecule is CCn1ccnc1C(O)C1COC(C)C1. The van der Waals surface area contributed by atoms with Crippen LogP contribution in [0.25, 0.3) is 0 Å². The fourth-order valence-corrected chi connectivity index (χ4v) is 2.14. The van der Waals surface area contributed by atoms with Crippen molar-refractivity contribution in [2.24, 2.45) is 5.92 Å². The molecule has 84 valence electrons. The van der Waals surface area contributed by atoms with Gasteiger partial charge in [0.25, 0.3) is 0 Å². The lowest BCUT2D eigenvalue weighted by Gasteiger charge is -2.17. The lowest BCUT2D eigenvalue weighted by molar-refractivity contribution is 0.0734. The minimum atomic E-state index is -0.495. The maximum absolute atomic E-state index is 10.2. The molecule has 1 saturated heterocycles. The fraction of sp³-hybridized carbons (Fsp3) is 0.727. The number of hydrogen-bond donors (Lipinski definition) is 1. The largest absolute Gasteiger partial charge is 0.385 e. The third-order valence-electron chi connectivity index (χ3n) is 3.03. The smallest absolute Gasteiger partial charge is 0.137 e. The molecule has 0 bridgehead atoms. The second kappa shape index (κ2) is 4.33. The van der Waals surface area contributed by atoms with E-state index in [1.165, 1.54) is 0 Å². The third kappa shape index (κ3) is 2.06. The van der Waals surface area contributed by atoms with Crippen molar-refractivity contribution in [3.63, 3.8) is 0 Å². The predicted molar refractivity (Wildman–Crippen MR) is 56.4 cm³/mol. The molecule has 1 aromatic rings. The van der Waals surface area contributed by atoms with E-state index in [4.69, 9.17) is 4.74 Å². The van der Waals surface area contributed by atoms with Crippen molar-refractivity contribution in [2.45, 2.75) is 39.0 Å². The van der Waals surface area contributed by atoms with Gasteiger partial charge in [-0.1, -0.05) is 0 Å². The number of aryl methyl sites for hydroxylation is 1. The Bertz CT molecular complexity index is 324. The van der Waals surface area contributed by atoms with E-state index in [1.54, 1.807) is 6.20 Å². The van der Waals surface area contributed by atoms with E-state index in [-0.39, 0.29) is 12.0 Å². The summed E-state index contributed by atoms with van der Waals surface area (Å²) in [5.41, 5.74) is 0. The van der Waals surface area contributed by atoms with Crippen LogP contribution in [0.5, 0.6) is 0 Å². The Morgan fingerprint density at radius 1 is 1.73 bits per heavy atom. The lowest BCUT2D eigenvalue weighted by atomic mass is 9.99. The molecule has 1 aliphatic heterocycles. The van der Waals surface area contributed by atoms with E-state index < -0.39 is 6.10 Å². The highest BCUT2D eigenvalue weighted by molar-refractivity contribution is 4.99. The molecule has 0 saturated carbocycles. The summed E-state index contributed by atoms with van der Waals surface area (Å²) in [5.74, 6) is 0.952. The van der Waals surface area contributed by atoms with Gasteiger partial charge in [-0.3, -0.25) is 0 Å². The average molecular weight is 210 g/mol. The van der Waals surface area contributed by atoms with Crippen molar-refractivity contribution in [3.05, 3.63) is 18.2 Å². The van der Waals surface area contributed by atoms with E-state index >= 15 is 0 Å². The van der Waals surface area contributed by atoms with Crippen LogP contribution in [0.4, 0.5) is 0 Å². The summed E-state index contributed by atoms with van der Waals surface area (Å²) < 4.78 is 7.44. The number of hydrogen-bond acceptors (Lipinski definition) is 3. The minimum absolute atomic E-state index is 0.188. The minimum Gasteiger partial charge on any atom is -0.385 e. The normalized spacial score (nSPS) is 28.2. The van der Waals surface area contributed by atoms with Crippen molar-refractivity contribution < 1.29 is 9.84 Å². The summed E-state index contributed by atoms with van der Waals surface area (Å²) in [6, 6.07) is 0. The van der Waals surface area contributed by atoms with Crippen LogP contribution in [0.1, 0.15) is 32.2 Å². The summed E-state index contributed by atoms with van der Waals surface area (Å²) in [7, 11) is 0. The first-order valence-corrected chi connectivity index (χ1v) is 5.53. The Hall–Kier alpha value is -0.870. The summed E-state index contributed by atoms with van der Waals surface area (Å²) in [5, 5.41) is 10.2. The Balaban J connectivity index is 2.10. The molecule has 0 aliphatic carbocycles. The van der Waals surface area contributed by atoms with E-state index in [2.05, 4.69) is 4.98 Å². The number of rotatable bonds is 3. The van der Waals surface area contributed by atoms with Crippen LogP contribution in [0, 0.1) is 5.92 Å². The molecular formula is C11H18N2O2. The molecule has 0 aromatic carbocycles. The Labute approximate surface area is 89.9 Å². The van der Waals surface area contributed by atoms with E-state index in [1.807, 2.05) is 24.6 Å². The topological polar surface area (TPSA) is 47.3 Å². The maximum Gasteiger partial charge on any atom is 0.137 e. The van der Waals surface area contributed by atoms with Crippen LogP contribution in [0.3, 0.4) is 0 Å². The first-order valence-electron chi connectivity index (χ1n) is 5.53. The molecule has 0 radical (unpaired) electrons. The van der Waals surface area contributed by atoms with Crippen LogP contribution in [0.15, 0.2) is 12.4 Å². The predicted octanol–water partition coefficient (Wildman–Crippen LogP) is 1.36. The zero-order valence-corrected chi connectivity index (χ0v) is 9.26. The number of nitrogens with zero attached hydrogens (tertiary/aromatic N) is 2. The van der Waals surface area contributed by atoms with Gasteiger partial charge in [0.15, 0.2) is 0 Å². The molecule has 2 heterocycles. The Morgan fingerprint density at radius 3 is 3.13 bits per heavy atom. The summed E-state index contributed by atoms with van der Waals surface area (Å²) in [6.45, 7) is 5.57. The zero-order chi connectivity index (χ0) is 10.8. The van der Waals surface area contributed by atoms with Gasteiger partial charge in [0, 0.05) is 24.9 Å². The van der Waals surface area contributed by atoms with Crippen LogP contribution in [0.2, 0.25) is 0 Å². The lowest BCUT2D eigenvalue weighted by Crippen LogP contribution is -2.17. The van der Waals surface area contributed by atoms with Gasteiger partial charge >= 0.3 is 0 Å². The molecule has 0 amide bonds. The summed E-state index contributed by atoms with van der Waals surface area (Å²) in [6.07, 6.45) is 4.32. The van der Waals surface area contributed by atoms with E-state index in [9.17, 15) is 5.11 Å². The van der Waals surface area contributed by atoms with Crippen molar-refractivity contribution in [3.8, 4) is 0 Å². The van der Waals surface area contributed by atoms with Crippen molar-refractivity contribution in [1.29, 1.82) is 0 Å². The number of aliphatic hydroxyl groups excluding tert-OH is 1. The first-order chi connectivity index (χ1) is 7.22. The van der Waals surface area contributed by atoms with Crippen LogP contribution >= 0.6 is 0 Å². The fourth-order valence-electron chi connectivity index (χ4n) is 2.14. The van der Waals surface area contributed by atoms with E-state index in [0.29, 0.717) is 6.61 Å². The maximum atomic E-state index is 10.2. The highest BCUT2D eigenvalue weighted by Crippen LogP contribution is 2.30. The Morgan fingerprint density at radius 2 is 2.53 bits per heavy atom. The molecule has 4 nitrogen and oxygen atoms in total. The van der Waals surface area contributed by atoms with Crippen LogP contribution < -0.4 is 0 Å². The van der Waals surface area contributed by atoms with Gasteiger partial charge in [-0.05, 0) is 20.3 Å². The third-order valence-corrected chi connectivity index (χ3v) is 3.03. The monoisotopic (exact) mass is 210 g/mol. The van der Waals surface area contributed by atoms with Gasteiger partial charge in [-0.25, -0.2) is 4.98 Å². The molecule has 0 spiro atoms. The van der Waals surface area contributed by atoms with Gasteiger partial charge in [-0.2, -0.15) is 0 Å². The molecule has 1 aromatic heterocycles.